The van der Waals surface area contributed by atoms with Crippen LogP contribution in [0.2, 0.25) is 0 Å². The van der Waals surface area contributed by atoms with E-state index in [1.54, 1.807) is 0 Å². The molecule has 4 nitrogen and oxygen atoms in total. The molecule has 0 spiro atoms. The molecule has 1 unspecified atom stereocenters. The molecule has 1 atom stereocenters. The molecular weight excluding hydrogens is 202 g/mol. The van der Waals surface area contributed by atoms with Crippen molar-refractivity contribution < 1.29 is 4.79 Å². The summed E-state index contributed by atoms with van der Waals surface area (Å²) in [6.45, 7) is 1.96. The third-order valence-corrected chi connectivity index (χ3v) is 3.36. The minimum atomic E-state index is -0.693. The summed E-state index contributed by atoms with van der Waals surface area (Å²) >= 11 is 0. The zero-order valence-corrected chi connectivity index (χ0v) is 9.96. The van der Waals surface area contributed by atoms with Crippen LogP contribution in [0.1, 0.15) is 51.9 Å². The minimum Gasteiger partial charge on any atom is -0.351 e. The van der Waals surface area contributed by atoms with E-state index >= 15 is 0 Å². The zero-order chi connectivity index (χ0) is 12.0. The Morgan fingerprint density at radius 3 is 2.62 bits per heavy atom. The van der Waals surface area contributed by atoms with E-state index in [4.69, 9.17) is 11.0 Å². The topological polar surface area (TPSA) is 78.9 Å². The van der Waals surface area contributed by atoms with Crippen molar-refractivity contribution in [3.05, 3.63) is 0 Å². The van der Waals surface area contributed by atoms with Crippen LogP contribution in [0.5, 0.6) is 0 Å². The average molecular weight is 223 g/mol. The van der Waals surface area contributed by atoms with Crippen LogP contribution < -0.4 is 11.1 Å². The first-order valence-corrected chi connectivity index (χ1v) is 6.09. The highest BCUT2D eigenvalue weighted by atomic mass is 16.2. The average Bonchev–Trinajstić information content (AvgIpc) is 2.29. The molecule has 0 heterocycles. The van der Waals surface area contributed by atoms with Crippen LogP contribution >= 0.6 is 0 Å². The third-order valence-electron chi connectivity index (χ3n) is 3.36. The van der Waals surface area contributed by atoms with E-state index in [-0.39, 0.29) is 11.9 Å². The van der Waals surface area contributed by atoms with Gasteiger partial charge in [-0.1, -0.05) is 26.2 Å². The van der Waals surface area contributed by atoms with E-state index in [9.17, 15) is 4.79 Å². The first-order valence-electron chi connectivity index (χ1n) is 6.09. The van der Waals surface area contributed by atoms with Crippen LogP contribution in [0.15, 0.2) is 0 Å². The van der Waals surface area contributed by atoms with Gasteiger partial charge in [0, 0.05) is 6.04 Å². The van der Waals surface area contributed by atoms with E-state index in [0.29, 0.717) is 6.42 Å². The fourth-order valence-corrected chi connectivity index (χ4v) is 2.15. The Morgan fingerprint density at radius 1 is 1.50 bits per heavy atom. The second-order valence-electron chi connectivity index (χ2n) is 4.66. The Labute approximate surface area is 97.2 Å². The third kappa shape index (κ3) is 3.21. The molecule has 0 aromatic carbocycles. The molecule has 1 rings (SSSR count). The lowest BCUT2D eigenvalue weighted by atomic mass is 9.81. The van der Waals surface area contributed by atoms with E-state index in [1.165, 1.54) is 6.42 Å². The number of nitriles is 1. The van der Waals surface area contributed by atoms with Gasteiger partial charge < -0.3 is 11.1 Å². The Hall–Kier alpha value is -1.08. The highest BCUT2D eigenvalue weighted by Gasteiger charge is 2.35. The Balaban J connectivity index is 2.52. The highest BCUT2D eigenvalue weighted by molar-refractivity contribution is 5.86. The monoisotopic (exact) mass is 223 g/mol. The van der Waals surface area contributed by atoms with Crippen LogP contribution in [0.25, 0.3) is 0 Å². The maximum absolute atomic E-state index is 12.0. The summed E-state index contributed by atoms with van der Waals surface area (Å²) in [7, 11) is 0. The van der Waals surface area contributed by atoms with Crippen molar-refractivity contribution in [3.8, 4) is 6.07 Å². The summed E-state index contributed by atoms with van der Waals surface area (Å²) < 4.78 is 0. The molecule has 16 heavy (non-hydrogen) atoms. The van der Waals surface area contributed by atoms with E-state index < -0.39 is 5.54 Å². The number of hydrogen-bond donors (Lipinski definition) is 2. The standard InChI is InChI=1S/C12H21N3O/c1-2-10(6-9-13)15-11(16)12(14)7-4-3-5-8-12/h10H,2-8,14H2,1H3,(H,15,16). The van der Waals surface area contributed by atoms with Crippen LogP contribution in [0.4, 0.5) is 0 Å². The highest BCUT2D eigenvalue weighted by Crippen LogP contribution is 2.26. The summed E-state index contributed by atoms with van der Waals surface area (Å²) in [4.78, 5) is 12.0. The van der Waals surface area contributed by atoms with Crippen molar-refractivity contribution in [2.75, 3.05) is 0 Å². The van der Waals surface area contributed by atoms with Crippen LogP contribution in [0, 0.1) is 11.3 Å². The second kappa shape index (κ2) is 5.86. The minimum absolute atomic E-state index is 0.0557. The summed E-state index contributed by atoms with van der Waals surface area (Å²) in [6, 6.07) is 2.03. The number of rotatable bonds is 4. The summed E-state index contributed by atoms with van der Waals surface area (Å²) in [5, 5.41) is 11.5. The van der Waals surface area contributed by atoms with Gasteiger partial charge in [-0.25, -0.2) is 0 Å². The molecule has 1 aliphatic rings. The Morgan fingerprint density at radius 2 is 2.12 bits per heavy atom. The first-order chi connectivity index (χ1) is 7.62. The molecule has 3 N–H and O–H groups in total. The van der Waals surface area contributed by atoms with E-state index in [1.807, 2.05) is 6.92 Å². The number of nitrogens with zero attached hydrogens (tertiary/aromatic N) is 1. The lowest BCUT2D eigenvalue weighted by Gasteiger charge is -2.33. The fraction of sp³-hybridized carbons (Fsp3) is 0.833. The number of carbonyl (C=O) groups is 1. The van der Waals surface area contributed by atoms with E-state index in [0.717, 1.165) is 32.1 Å². The molecule has 4 heteroatoms. The van der Waals surface area contributed by atoms with Gasteiger partial charge >= 0.3 is 0 Å². The van der Waals surface area contributed by atoms with Crippen LogP contribution in [0.3, 0.4) is 0 Å². The number of hydrogen-bond acceptors (Lipinski definition) is 3. The smallest absolute Gasteiger partial charge is 0.240 e. The molecule has 90 valence electrons. The maximum atomic E-state index is 12.0. The SMILES string of the molecule is CCC(CC#N)NC(=O)C1(N)CCCCC1. The molecule has 1 aliphatic carbocycles. The molecule has 0 aliphatic heterocycles. The Kier molecular flexibility index (Phi) is 4.75. The second-order valence-corrected chi connectivity index (χ2v) is 4.66. The fourth-order valence-electron chi connectivity index (χ4n) is 2.15. The lowest BCUT2D eigenvalue weighted by molar-refractivity contribution is -0.128. The van der Waals surface area contributed by atoms with Gasteiger partial charge in [0.25, 0.3) is 0 Å². The predicted octanol–water partition coefficient (Wildman–Crippen LogP) is 1.46. The lowest BCUT2D eigenvalue weighted by Crippen LogP contribution is -2.56. The molecule has 0 aromatic heterocycles. The number of nitrogens with two attached hydrogens (primary N) is 1. The van der Waals surface area contributed by atoms with Crippen LogP contribution in [-0.2, 0) is 4.79 Å². The molecule has 1 saturated carbocycles. The van der Waals surface area contributed by atoms with Crippen molar-refractivity contribution in [1.29, 1.82) is 5.26 Å². The van der Waals surface area contributed by atoms with Gasteiger partial charge in [0.15, 0.2) is 0 Å². The molecule has 0 radical (unpaired) electrons. The summed E-state index contributed by atoms with van der Waals surface area (Å²) in [5.74, 6) is -0.0747. The van der Waals surface area contributed by atoms with Gasteiger partial charge in [-0.15, -0.1) is 0 Å². The normalized spacial score (nSPS) is 20.8. The predicted molar refractivity (Wildman–Crippen MR) is 62.5 cm³/mol. The van der Waals surface area contributed by atoms with Crippen LogP contribution in [-0.4, -0.2) is 17.5 Å². The molecule has 0 saturated heterocycles. The number of amides is 1. The van der Waals surface area contributed by atoms with Gasteiger partial charge in [-0.05, 0) is 19.3 Å². The molecule has 1 amide bonds. The first kappa shape index (κ1) is 13.0. The quantitative estimate of drug-likeness (QED) is 0.757. The van der Waals surface area contributed by atoms with Crippen molar-refractivity contribution in [2.24, 2.45) is 5.73 Å². The van der Waals surface area contributed by atoms with E-state index in [2.05, 4.69) is 11.4 Å². The Bertz CT molecular complexity index is 276. The van der Waals surface area contributed by atoms with Crippen molar-refractivity contribution in [3.63, 3.8) is 0 Å². The van der Waals surface area contributed by atoms with Gasteiger partial charge in [-0.3, -0.25) is 4.79 Å². The summed E-state index contributed by atoms with van der Waals surface area (Å²) in [6.07, 6.45) is 5.89. The van der Waals surface area contributed by atoms with Crippen molar-refractivity contribution >= 4 is 5.91 Å². The molecule has 0 bridgehead atoms. The van der Waals surface area contributed by atoms with Crippen molar-refractivity contribution in [1.82, 2.24) is 5.32 Å². The van der Waals surface area contributed by atoms with Gasteiger partial charge in [0.2, 0.25) is 5.91 Å². The largest absolute Gasteiger partial charge is 0.351 e. The number of carbonyl (C=O) groups excluding carboxylic acids is 1. The van der Waals surface area contributed by atoms with Crippen molar-refractivity contribution in [2.45, 2.75) is 63.5 Å². The van der Waals surface area contributed by atoms with Gasteiger partial charge in [-0.2, -0.15) is 5.26 Å². The van der Waals surface area contributed by atoms with Gasteiger partial charge in [0.1, 0.15) is 0 Å². The maximum Gasteiger partial charge on any atom is 0.240 e. The summed E-state index contributed by atoms with van der Waals surface area (Å²) in [5.41, 5.74) is 5.41. The number of nitrogens with one attached hydrogen (secondary N) is 1. The molecular formula is C12H21N3O. The molecule has 1 fully saturated rings. The van der Waals surface area contributed by atoms with Gasteiger partial charge in [0.05, 0.1) is 18.0 Å². The zero-order valence-electron chi connectivity index (χ0n) is 9.96. The molecule has 0 aromatic rings.